The van der Waals surface area contributed by atoms with Crippen molar-refractivity contribution >= 4 is 42.2 Å². The first-order valence-corrected chi connectivity index (χ1v) is 8.07. The maximum Gasteiger partial charge on any atom is 0.198 e. The highest BCUT2D eigenvalue weighted by Gasteiger charge is 2.11. The van der Waals surface area contributed by atoms with Crippen molar-refractivity contribution in [3.63, 3.8) is 0 Å². The van der Waals surface area contributed by atoms with Gasteiger partial charge in [-0.2, -0.15) is 0 Å². The minimum absolute atomic E-state index is 0.0317. The lowest BCUT2D eigenvalue weighted by Gasteiger charge is -2.00. The summed E-state index contributed by atoms with van der Waals surface area (Å²) in [4.78, 5) is 13.2. The molecule has 0 bridgehead atoms. The van der Waals surface area contributed by atoms with Crippen LogP contribution in [0, 0.1) is 5.82 Å². The Morgan fingerprint density at radius 2 is 1.62 bits per heavy atom. The average Bonchev–Trinajstić information content (AvgIpc) is 2.87. The number of hydrogen-bond acceptors (Lipinski definition) is 3. The third kappa shape index (κ3) is 2.07. The normalized spacial score (nSPS) is 11.3. The lowest BCUT2D eigenvalue weighted by atomic mass is 10.2. The molecule has 0 unspecified atom stereocenters. The molecule has 2 aromatic carbocycles. The Kier molecular flexibility index (Phi) is 2.87. The van der Waals surface area contributed by atoms with Crippen LogP contribution in [0.25, 0.3) is 29.9 Å². The third-order valence-corrected chi connectivity index (χ3v) is 5.89. The van der Waals surface area contributed by atoms with Gasteiger partial charge in [-0.15, -0.1) is 22.7 Å². The highest BCUT2D eigenvalue weighted by atomic mass is 32.1. The van der Waals surface area contributed by atoms with Crippen LogP contribution in [0.4, 0.5) is 4.39 Å². The zero-order valence-electron chi connectivity index (χ0n) is 10.8. The highest BCUT2D eigenvalue weighted by Crippen LogP contribution is 2.37. The van der Waals surface area contributed by atoms with Crippen molar-refractivity contribution in [1.29, 1.82) is 0 Å². The zero-order chi connectivity index (χ0) is 14.4. The van der Waals surface area contributed by atoms with Gasteiger partial charge < -0.3 is 0 Å². The summed E-state index contributed by atoms with van der Waals surface area (Å²) in [6.07, 6.45) is 0. The standard InChI is InChI=1S/C17H9FOS2/c18-11-7-5-10(6-8-11)15-9-13(19)17-16(21-15)12-3-1-2-4-14(12)20-17/h1-9H. The minimum atomic E-state index is -0.270. The molecule has 2 heterocycles. The Hall–Kier alpha value is -2.04. The molecule has 0 fully saturated rings. The van der Waals surface area contributed by atoms with Crippen LogP contribution < -0.4 is 5.43 Å². The summed E-state index contributed by atoms with van der Waals surface area (Å²) in [7, 11) is 0. The molecular weight excluding hydrogens is 303 g/mol. The number of thiophene rings is 1. The quantitative estimate of drug-likeness (QED) is 0.467. The molecule has 4 rings (SSSR count). The second-order valence-corrected chi connectivity index (χ2v) is 6.84. The molecule has 0 aliphatic rings. The molecular formula is C17H9FOS2. The van der Waals surface area contributed by atoms with Crippen LogP contribution in [-0.2, 0) is 0 Å². The van der Waals surface area contributed by atoms with Crippen molar-refractivity contribution in [3.8, 4) is 10.4 Å². The van der Waals surface area contributed by atoms with Gasteiger partial charge in [0.2, 0.25) is 0 Å². The number of hydrogen-bond donors (Lipinski definition) is 0. The van der Waals surface area contributed by atoms with Crippen molar-refractivity contribution in [2.45, 2.75) is 0 Å². The topological polar surface area (TPSA) is 17.1 Å². The van der Waals surface area contributed by atoms with Gasteiger partial charge in [-0.1, -0.05) is 30.3 Å². The average molecular weight is 312 g/mol. The summed E-state index contributed by atoms with van der Waals surface area (Å²) >= 11 is 3.12. The Bertz CT molecular complexity index is 1010. The van der Waals surface area contributed by atoms with Crippen molar-refractivity contribution in [3.05, 3.63) is 70.6 Å². The molecule has 0 radical (unpaired) electrons. The van der Waals surface area contributed by atoms with Gasteiger partial charge in [0, 0.05) is 21.0 Å². The van der Waals surface area contributed by atoms with E-state index >= 15 is 0 Å². The van der Waals surface area contributed by atoms with Gasteiger partial charge in [0.15, 0.2) is 5.43 Å². The SMILES string of the molecule is O=c1cc(-c2ccc(F)cc2)sc2c1sc1ccccc12. The van der Waals surface area contributed by atoms with Crippen LogP contribution in [0.2, 0.25) is 0 Å². The van der Waals surface area contributed by atoms with Crippen LogP contribution in [0.5, 0.6) is 0 Å². The van der Waals surface area contributed by atoms with Gasteiger partial charge in [0.25, 0.3) is 0 Å². The van der Waals surface area contributed by atoms with E-state index in [0.717, 1.165) is 29.9 Å². The maximum absolute atomic E-state index is 13.0. The van der Waals surface area contributed by atoms with Crippen LogP contribution in [-0.4, -0.2) is 0 Å². The lowest BCUT2D eigenvalue weighted by Crippen LogP contribution is -1.95. The van der Waals surface area contributed by atoms with Gasteiger partial charge in [-0.25, -0.2) is 4.39 Å². The molecule has 0 spiro atoms. The first-order valence-electron chi connectivity index (χ1n) is 6.44. The van der Waals surface area contributed by atoms with Gasteiger partial charge in [0.05, 0.1) is 9.40 Å². The molecule has 0 saturated heterocycles. The molecule has 0 atom stereocenters. The Balaban J connectivity index is 2.05. The largest absolute Gasteiger partial charge is 0.288 e. The van der Waals surface area contributed by atoms with Gasteiger partial charge in [0.1, 0.15) is 5.82 Å². The molecule has 4 heteroatoms. The molecule has 2 aromatic heterocycles. The van der Waals surface area contributed by atoms with Crippen LogP contribution >= 0.6 is 22.7 Å². The molecule has 0 aliphatic carbocycles. The fraction of sp³-hybridized carbons (Fsp3) is 0. The highest BCUT2D eigenvalue weighted by molar-refractivity contribution is 7.32. The van der Waals surface area contributed by atoms with Crippen LogP contribution in [0.3, 0.4) is 0 Å². The number of benzene rings is 2. The summed E-state index contributed by atoms with van der Waals surface area (Å²) in [5.74, 6) is -0.270. The molecule has 0 N–H and O–H groups in total. The zero-order valence-corrected chi connectivity index (χ0v) is 12.4. The van der Waals surface area contributed by atoms with Crippen molar-refractivity contribution in [2.24, 2.45) is 0 Å². The molecule has 0 amide bonds. The van der Waals surface area contributed by atoms with E-state index in [1.807, 2.05) is 24.3 Å². The third-order valence-electron chi connectivity index (χ3n) is 3.38. The van der Waals surface area contributed by atoms with E-state index < -0.39 is 0 Å². The smallest absolute Gasteiger partial charge is 0.198 e. The summed E-state index contributed by atoms with van der Waals surface area (Å²) in [5, 5.41) is 1.11. The van der Waals surface area contributed by atoms with E-state index in [1.165, 1.54) is 23.5 Å². The van der Waals surface area contributed by atoms with Crippen molar-refractivity contribution < 1.29 is 4.39 Å². The van der Waals surface area contributed by atoms with E-state index in [-0.39, 0.29) is 11.2 Å². The second-order valence-electron chi connectivity index (χ2n) is 4.74. The first kappa shape index (κ1) is 12.7. The summed E-state index contributed by atoms with van der Waals surface area (Å²) in [6.45, 7) is 0. The Morgan fingerprint density at radius 1 is 0.857 bits per heavy atom. The Labute approximate surface area is 127 Å². The van der Waals surface area contributed by atoms with Gasteiger partial charge >= 0.3 is 0 Å². The van der Waals surface area contributed by atoms with E-state index in [0.29, 0.717) is 0 Å². The summed E-state index contributed by atoms with van der Waals surface area (Å²) in [6, 6.07) is 15.9. The number of fused-ring (bicyclic) bond motifs is 3. The summed E-state index contributed by atoms with van der Waals surface area (Å²) in [5.41, 5.74) is 0.903. The summed E-state index contributed by atoms with van der Waals surface area (Å²) < 4.78 is 16.0. The number of halogens is 1. The first-order chi connectivity index (χ1) is 10.2. The maximum atomic E-state index is 13.0. The predicted molar refractivity (Wildman–Crippen MR) is 88.9 cm³/mol. The van der Waals surface area contributed by atoms with E-state index in [4.69, 9.17) is 0 Å². The molecule has 1 nitrogen and oxygen atoms in total. The van der Waals surface area contributed by atoms with Crippen molar-refractivity contribution in [2.75, 3.05) is 0 Å². The second kappa shape index (κ2) is 4.76. The fourth-order valence-electron chi connectivity index (χ4n) is 2.37. The van der Waals surface area contributed by atoms with E-state index in [2.05, 4.69) is 0 Å². The van der Waals surface area contributed by atoms with Gasteiger partial charge in [-0.3, -0.25) is 4.79 Å². The fourth-order valence-corrected chi connectivity index (χ4v) is 4.81. The Morgan fingerprint density at radius 3 is 2.43 bits per heavy atom. The molecule has 4 aromatic rings. The van der Waals surface area contributed by atoms with E-state index in [1.54, 1.807) is 29.5 Å². The van der Waals surface area contributed by atoms with Crippen LogP contribution in [0.15, 0.2) is 59.4 Å². The predicted octanol–water partition coefficient (Wildman–Crippen LogP) is 5.28. The van der Waals surface area contributed by atoms with Gasteiger partial charge in [-0.05, 0) is 23.8 Å². The minimum Gasteiger partial charge on any atom is -0.288 e. The molecule has 0 aliphatic heterocycles. The molecule has 102 valence electrons. The van der Waals surface area contributed by atoms with E-state index in [9.17, 15) is 9.18 Å². The number of rotatable bonds is 1. The lowest BCUT2D eigenvalue weighted by molar-refractivity contribution is 0.628. The van der Waals surface area contributed by atoms with Crippen molar-refractivity contribution in [1.82, 2.24) is 0 Å². The monoisotopic (exact) mass is 312 g/mol. The molecule has 0 saturated carbocycles. The molecule has 21 heavy (non-hydrogen) atoms. The van der Waals surface area contributed by atoms with Crippen LogP contribution in [0.1, 0.15) is 0 Å².